The fourth-order valence-electron chi connectivity index (χ4n) is 2.56. The van der Waals surface area contributed by atoms with Crippen LogP contribution in [0.15, 0.2) is 54.6 Å². The maximum absolute atomic E-state index is 12.0. The molecule has 0 heterocycles. The molecule has 0 aliphatic heterocycles. The first-order chi connectivity index (χ1) is 13.0. The molecule has 0 aliphatic carbocycles. The largest absolute Gasteiger partial charge is 0.348 e. The van der Waals surface area contributed by atoms with Crippen molar-refractivity contribution in [2.75, 3.05) is 18.9 Å². The molecule has 27 heavy (non-hydrogen) atoms. The standard InChI is InChI=1S/C22H27N3O2/c1-4-25(3)16-20-7-5-6-19(14-20)15-23-22(27)13-10-18-8-11-21(12-9-18)24-17(2)26/h5-14H,4,15-16H2,1-3H3,(H,23,27)(H,24,26)/b13-10+. The summed E-state index contributed by atoms with van der Waals surface area (Å²) in [6.45, 7) is 5.98. The van der Waals surface area contributed by atoms with Gasteiger partial charge >= 0.3 is 0 Å². The molecule has 5 nitrogen and oxygen atoms in total. The number of nitrogens with zero attached hydrogens (tertiary/aromatic N) is 1. The minimum absolute atomic E-state index is 0.108. The van der Waals surface area contributed by atoms with Gasteiger partial charge in [0.25, 0.3) is 0 Å². The van der Waals surface area contributed by atoms with Gasteiger partial charge in [-0.2, -0.15) is 0 Å². The number of benzene rings is 2. The summed E-state index contributed by atoms with van der Waals surface area (Å²) in [6, 6.07) is 15.6. The Morgan fingerprint density at radius 2 is 1.78 bits per heavy atom. The molecule has 0 saturated heterocycles. The van der Waals surface area contributed by atoms with Gasteiger partial charge in [0, 0.05) is 31.8 Å². The van der Waals surface area contributed by atoms with E-state index in [1.165, 1.54) is 18.6 Å². The van der Waals surface area contributed by atoms with Crippen molar-refractivity contribution >= 4 is 23.6 Å². The van der Waals surface area contributed by atoms with Crippen molar-refractivity contribution in [3.8, 4) is 0 Å². The third kappa shape index (κ3) is 7.46. The zero-order chi connectivity index (χ0) is 19.6. The highest BCUT2D eigenvalue weighted by Crippen LogP contribution is 2.11. The van der Waals surface area contributed by atoms with Crippen LogP contribution >= 0.6 is 0 Å². The molecule has 2 aromatic carbocycles. The summed E-state index contributed by atoms with van der Waals surface area (Å²) >= 11 is 0. The van der Waals surface area contributed by atoms with Crippen LogP contribution in [0.5, 0.6) is 0 Å². The molecular formula is C22H27N3O2. The van der Waals surface area contributed by atoms with Crippen LogP contribution in [0.1, 0.15) is 30.5 Å². The lowest BCUT2D eigenvalue weighted by Crippen LogP contribution is -2.20. The lowest BCUT2D eigenvalue weighted by Gasteiger charge is -2.14. The first-order valence-corrected chi connectivity index (χ1v) is 9.06. The van der Waals surface area contributed by atoms with Gasteiger partial charge in [-0.15, -0.1) is 0 Å². The minimum atomic E-state index is -0.142. The van der Waals surface area contributed by atoms with E-state index in [4.69, 9.17) is 0 Å². The quantitative estimate of drug-likeness (QED) is 0.705. The van der Waals surface area contributed by atoms with Gasteiger partial charge in [-0.3, -0.25) is 9.59 Å². The van der Waals surface area contributed by atoms with Crippen LogP contribution in [-0.4, -0.2) is 30.3 Å². The van der Waals surface area contributed by atoms with Crippen LogP contribution in [0, 0.1) is 0 Å². The summed E-state index contributed by atoms with van der Waals surface area (Å²) in [5, 5.41) is 5.61. The lowest BCUT2D eigenvalue weighted by atomic mass is 10.1. The van der Waals surface area contributed by atoms with Crippen molar-refractivity contribution in [2.45, 2.75) is 26.9 Å². The Morgan fingerprint density at radius 1 is 1.07 bits per heavy atom. The summed E-state index contributed by atoms with van der Waals surface area (Å²) in [7, 11) is 2.09. The highest BCUT2D eigenvalue weighted by Gasteiger charge is 2.01. The van der Waals surface area contributed by atoms with Gasteiger partial charge in [-0.1, -0.05) is 43.3 Å². The van der Waals surface area contributed by atoms with Crippen molar-refractivity contribution < 1.29 is 9.59 Å². The topological polar surface area (TPSA) is 61.4 Å². The monoisotopic (exact) mass is 365 g/mol. The first kappa shape index (κ1) is 20.4. The number of carbonyl (C=O) groups excluding carboxylic acids is 2. The van der Waals surface area contributed by atoms with Crippen molar-refractivity contribution in [3.05, 3.63) is 71.3 Å². The molecule has 0 atom stereocenters. The second-order valence-electron chi connectivity index (χ2n) is 6.50. The Bertz CT molecular complexity index is 797. The van der Waals surface area contributed by atoms with Gasteiger partial charge in [0.05, 0.1) is 0 Å². The number of rotatable bonds is 8. The molecule has 0 unspecified atom stereocenters. The van der Waals surface area contributed by atoms with Gasteiger partial charge in [-0.25, -0.2) is 0 Å². The predicted molar refractivity (Wildman–Crippen MR) is 110 cm³/mol. The average Bonchev–Trinajstić information content (AvgIpc) is 2.65. The van der Waals surface area contributed by atoms with E-state index in [-0.39, 0.29) is 11.8 Å². The molecule has 0 aromatic heterocycles. The minimum Gasteiger partial charge on any atom is -0.348 e. The molecule has 0 spiro atoms. The highest BCUT2D eigenvalue weighted by molar-refractivity contribution is 5.92. The Morgan fingerprint density at radius 3 is 2.44 bits per heavy atom. The van der Waals surface area contributed by atoms with Gasteiger partial charge in [0.15, 0.2) is 0 Å². The van der Waals surface area contributed by atoms with Crippen molar-refractivity contribution in [1.82, 2.24) is 10.2 Å². The van der Waals surface area contributed by atoms with Crippen LogP contribution < -0.4 is 10.6 Å². The van der Waals surface area contributed by atoms with E-state index in [1.54, 1.807) is 18.2 Å². The van der Waals surface area contributed by atoms with Gasteiger partial charge < -0.3 is 15.5 Å². The second-order valence-corrected chi connectivity index (χ2v) is 6.50. The Kier molecular flexibility index (Phi) is 7.77. The molecule has 2 rings (SSSR count). The summed E-state index contributed by atoms with van der Waals surface area (Å²) in [6.07, 6.45) is 3.27. The fourth-order valence-corrected chi connectivity index (χ4v) is 2.56. The third-order valence-electron chi connectivity index (χ3n) is 4.11. The van der Waals surface area contributed by atoms with Crippen LogP contribution in [0.3, 0.4) is 0 Å². The normalized spacial score (nSPS) is 11.0. The smallest absolute Gasteiger partial charge is 0.244 e. The first-order valence-electron chi connectivity index (χ1n) is 9.06. The second kappa shape index (κ2) is 10.3. The van der Waals surface area contributed by atoms with E-state index >= 15 is 0 Å². The summed E-state index contributed by atoms with van der Waals surface area (Å²) in [5.74, 6) is -0.250. The number of amides is 2. The van der Waals surface area contributed by atoms with E-state index in [0.29, 0.717) is 6.54 Å². The molecule has 0 bridgehead atoms. The maximum atomic E-state index is 12.0. The van der Waals surface area contributed by atoms with Crippen LogP contribution in [-0.2, 0) is 22.7 Å². The molecule has 2 amide bonds. The lowest BCUT2D eigenvalue weighted by molar-refractivity contribution is -0.116. The molecule has 2 aromatic rings. The Balaban J connectivity index is 1.86. The zero-order valence-corrected chi connectivity index (χ0v) is 16.2. The van der Waals surface area contributed by atoms with E-state index in [0.717, 1.165) is 29.9 Å². The summed E-state index contributed by atoms with van der Waals surface area (Å²) in [4.78, 5) is 25.3. The molecule has 0 fully saturated rings. The van der Waals surface area contributed by atoms with E-state index < -0.39 is 0 Å². The number of anilines is 1. The highest BCUT2D eigenvalue weighted by atomic mass is 16.2. The zero-order valence-electron chi connectivity index (χ0n) is 16.2. The Hall–Kier alpha value is -2.92. The fraction of sp³-hybridized carbons (Fsp3) is 0.273. The van der Waals surface area contributed by atoms with Gasteiger partial charge in [0.2, 0.25) is 11.8 Å². The Labute approximate surface area is 161 Å². The summed E-state index contributed by atoms with van der Waals surface area (Å²) < 4.78 is 0. The van der Waals surface area contributed by atoms with E-state index in [2.05, 4.69) is 41.6 Å². The van der Waals surface area contributed by atoms with Gasteiger partial charge in [0.1, 0.15) is 0 Å². The number of carbonyl (C=O) groups is 2. The van der Waals surface area contributed by atoms with E-state index in [9.17, 15) is 9.59 Å². The third-order valence-corrected chi connectivity index (χ3v) is 4.11. The van der Waals surface area contributed by atoms with Gasteiger partial charge in [-0.05, 0) is 48.5 Å². The predicted octanol–water partition coefficient (Wildman–Crippen LogP) is 3.43. The van der Waals surface area contributed by atoms with Crippen LogP contribution in [0.4, 0.5) is 5.69 Å². The molecule has 2 N–H and O–H groups in total. The van der Waals surface area contributed by atoms with Crippen molar-refractivity contribution in [3.63, 3.8) is 0 Å². The molecule has 5 heteroatoms. The maximum Gasteiger partial charge on any atom is 0.244 e. The molecule has 0 aliphatic rings. The van der Waals surface area contributed by atoms with Crippen LogP contribution in [0.2, 0.25) is 0 Å². The number of hydrogen-bond donors (Lipinski definition) is 2. The average molecular weight is 365 g/mol. The van der Waals surface area contributed by atoms with Crippen molar-refractivity contribution in [2.24, 2.45) is 0 Å². The van der Waals surface area contributed by atoms with E-state index in [1.807, 2.05) is 24.3 Å². The number of hydrogen-bond acceptors (Lipinski definition) is 3. The molecule has 0 saturated carbocycles. The summed E-state index contributed by atoms with van der Waals surface area (Å²) in [5.41, 5.74) is 3.95. The molecular weight excluding hydrogens is 338 g/mol. The number of nitrogens with one attached hydrogen (secondary N) is 2. The SMILES string of the molecule is CCN(C)Cc1cccc(CNC(=O)/C=C/c2ccc(NC(C)=O)cc2)c1. The molecule has 142 valence electrons. The van der Waals surface area contributed by atoms with Crippen molar-refractivity contribution in [1.29, 1.82) is 0 Å². The molecule has 0 radical (unpaired) electrons. The van der Waals surface area contributed by atoms with Crippen LogP contribution in [0.25, 0.3) is 6.08 Å².